The lowest BCUT2D eigenvalue weighted by Crippen LogP contribution is -1.96. The van der Waals surface area contributed by atoms with Gasteiger partial charge in [0.25, 0.3) is 0 Å². The molecule has 1 unspecified atom stereocenters. The summed E-state index contributed by atoms with van der Waals surface area (Å²) in [5.41, 5.74) is 2.10. The first-order chi connectivity index (χ1) is 10.2. The largest absolute Gasteiger partial charge is 0.457 e. The molecule has 21 heavy (non-hydrogen) atoms. The first kappa shape index (κ1) is 14.4. The van der Waals surface area contributed by atoms with E-state index in [4.69, 9.17) is 4.42 Å². The van der Waals surface area contributed by atoms with Crippen molar-refractivity contribution < 1.29 is 9.52 Å². The van der Waals surface area contributed by atoms with Gasteiger partial charge in [0.1, 0.15) is 17.4 Å². The van der Waals surface area contributed by atoms with Gasteiger partial charge in [-0.05, 0) is 52.9 Å². The summed E-state index contributed by atoms with van der Waals surface area (Å²) in [4.78, 5) is 0. The summed E-state index contributed by atoms with van der Waals surface area (Å²) >= 11 is 3.47. The second-order valence-electron chi connectivity index (χ2n) is 5.20. The van der Waals surface area contributed by atoms with E-state index < -0.39 is 6.10 Å². The highest BCUT2D eigenvalue weighted by atomic mass is 79.9. The summed E-state index contributed by atoms with van der Waals surface area (Å²) in [6, 6.07) is 18.2. The Hall–Kier alpha value is -1.58. The molecule has 3 heteroatoms. The second kappa shape index (κ2) is 6.46. The minimum Gasteiger partial charge on any atom is -0.457 e. The number of aliphatic hydroxyl groups is 1. The van der Waals surface area contributed by atoms with E-state index in [1.807, 2.05) is 42.5 Å². The number of hydrogen-bond acceptors (Lipinski definition) is 2. The van der Waals surface area contributed by atoms with Gasteiger partial charge in [0.05, 0.1) is 4.47 Å². The van der Waals surface area contributed by atoms with Gasteiger partial charge in [-0.3, -0.25) is 0 Å². The standard InChI is InChI=1S/C18H17BrO2/c19-15-10-5-9-14-12-17(21-18(14)15)16(20)11-4-8-13-6-2-1-3-7-13/h1-3,5-7,9-10,12,16,20H,4,8,11H2. The summed E-state index contributed by atoms with van der Waals surface area (Å²) in [7, 11) is 0. The maximum Gasteiger partial charge on any atom is 0.148 e. The van der Waals surface area contributed by atoms with Crippen LogP contribution in [-0.4, -0.2) is 5.11 Å². The van der Waals surface area contributed by atoms with Crippen LogP contribution in [0.3, 0.4) is 0 Å². The Bertz CT molecular complexity index is 718. The minimum atomic E-state index is -0.548. The molecule has 3 rings (SSSR count). The second-order valence-corrected chi connectivity index (χ2v) is 6.05. The monoisotopic (exact) mass is 344 g/mol. The predicted molar refractivity (Wildman–Crippen MR) is 88.3 cm³/mol. The average Bonchev–Trinajstić information content (AvgIpc) is 2.94. The highest BCUT2D eigenvalue weighted by molar-refractivity contribution is 9.10. The maximum absolute atomic E-state index is 10.3. The van der Waals surface area contributed by atoms with Crippen LogP contribution in [-0.2, 0) is 6.42 Å². The van der Waals surface area contributed by atoms with Crippen LogP contribution in [0.15, 0.2) is 63.5 Å². The van der Waals surface area contributed by atoms with Crippen LogP contribution >= 0.6 is 15.9 Å². The van der Waals surface area contributed by atoms with Crippen LogP contribution in [0.25, 0.3) is 11.0 Å². The van der Waals surface area contributed by atoms with Crippen LogP contribution < -0.4 is 0 Å². The van der Waals surface area contributed by atoms with Gasteiger partial charge in [0, 0.05) is 5.39 Å². The van der Waals surface area contributed by atoms with Crippen molar-refractivity contribution in [3.05, 3.63) is 70.4 Å². The number of benzene rings is 2. The smallest absolute Gasteiger partial charge is 0.148 e. The van der Waals surface area contributed by atoms with E-state index in [1.54, 1.807) is 0 Å². The number of furan rings is 1. The average molecular weight is 345 g/mol. The van der Waals surface area contributed by atoms with Crippen LogP contribution in [0.2, 0.25) is 0 Å². The van der Waals surface area contributed by atoms with Crippen molar-refractivity contribution >= 4 is 26.9 Å². The predicted octanol–water partition coefficient (Wildman–Crippen LogP) is 5.25. The van der Waals surface area contributed by atoms with Gasteiger partial charge in [-0.1, -0.05) is 42.5 Å². The molecule has 2 aromatic carbocycles. The highest BCUT2D eigenvalue weighted by Crippen LogP contribution is 2.31. The van der Waals surface area contributed by atoms with Crippen molar-refractivity contribution in [3.8, 4) is 0 Å². The molecule has 0 aliphatic heterocycles. The lowest BCUT2D eigenvalue weighted by atomic mass is 10.0. The molecule has 0 fully saturated rings. The number of hydrogen-bond donors (Lipinski definition) is 1. The molecule has 0 aliphatic rings. The molecule has 0 saturated heterocycles. The quantitative estimate of drug-likeness (QED) is 0.685. The molecule has 108 valence electrons. The molecule has 1 atom stereocenters. The summed E-state index contributed by atoms with van der Waals surface area (Å²) in [5.74, 6) is 0.643. The topological polar surface area (TPSA) is 33.4 Å². The summed E-state index contributed by atoms with van der Waals surface area (Å²) in [6.45, 7) is 0. The molecule has 0 aliphatic carbocycles. The lowest BCUT2D eigenvalue weighted by Gasteiger charge is -2.07. The normalized spacial score (nSPS) is 12.7. The third-order valence-corrected chi connectivity index (χ3v) is 4.25. The molecule has 0 radical (unpaired) electrons. The molecule has 0 amide bonds. The van der Waals surface area contributed by atoms with Gasteiger partial charge in [-0.15, -0.1) is 0 Å². The van der Waals surface area contributed by atoms with Crippen molar-refractivity contribution in [1.82, 2.24) is 0 Å². The molecular weight excluding hydrogens is 328 g/mol. The molecule has 3 aromatic rings. The molecule has 1 heterocycles. The molecule has 0 saturated carbocycles. The Labute approximate surface area is 132 Å². The third kappa shape index (κ3) is 3.36. The zero-order chi connectivity index (χ0) is 14.7. The zero-order valence-corrected chi connectivity index (χ0v) is 13.2. The lowest BCUT2D eigenvalue weighted by molar-refractivity contribution is 0.140. The van der Waals surface area contributed by atoms with E-state index in [-0.39, 0.29) is 0 Å². The molecule has 2 nitrogen and oxygen atoms in total. The number of aryl methyl sites for hydroxylation is 1. The van der Waals surface area contributed by atoms with Crippen LogP contribution in [0.5, 0.6) is 0 Å². The van der Waals surface area contributed by atoms with E-state index in [1.165, 1.54) is 5.56 Å². The number of para-hydroxylation sites is 1. The van der Waals surface area contributed by atoms with E-state index in [0.29, 0.717) is 12.2 Å². The van der Waals surface area contributed by atoms with Crippen LogP contribution in [0.4, 0.5) is 0 Å². The van der Waals surface area contributed by atoms with Crippen molar-refractivity contribution in [2.24, 2.45) is 0 Å². The number of aliphatic hydroxyl groups excluding tert-OH is 1. The number of fused-ring (bicyclic) bond motifs is 1. The van der Waals surface area contributed by atoms with Crippen LogP contribution in [0.1, 0.15) is 30.3 Å². The molecular formula is C18H17BrO2. The van der Waals surface area contributed by atoms with E-state index in [0.717, 1.165) is 28.3 Å². The van der Waals surface area contributed by atoms with Crippen molar-refractivity contribution in [2.75, 3.05) is 0 Å². The SMILES string of the molecule is OC(CCCc1ccccc1)c1cc2cccc(Br)c2o1. The van der Waals surface area contributed by atoms with Crippen molar-refractivity contribution in [3.63, 3.8) is 0 Å². The van der Waals surface area contributed by atoms with E-state index in [2.05, 4.69) is 28.1 Å². The molecule has 1 N–H and O–H groups in total. The Kier molecular flexibility index (Phi) is 4.42. The minimum absolute atomic E-state index is 0.548. The fourth-order valence-corrected chi connectivity index (χ4v) is 2.96. The molecule has 1 aromatic heterocycles. The van der Waals surface area contributed by atoms with Gasteiger partial charge in [0.2, 0.25) is 0 Å². The Balaban J connectivity index is 1.64. The number of halogens is 1. The van der Waals surface area contributed by atoms with Crippen molar-refractivity contribution in [1.29, 1.82) is 0 Å². The zero-order valence-electron chi connectivity index (χ0n) is 11.6. The van der Waals surface area contributed by atoms with E-state index in [9.17, 15) is 5.11 Å². The first-order valence-electron chi connectivity index (χ1n) is 7.14. The Morgan fingerprint density at radius 2 is 1.86 bits per heavy atom. The van der Waals surface area contributed by atoms with E-state index >= 15 is 0 Å². The summed E-state index contributed by atoms with van der Waals surface area (Å²) in [5, 5.41) is 11.3. The van der Waals surface area contributed by atoms with Gasteiger partial charge in [-0.2, -0.15) is 0 Å². The number of rotatable bonds is 5. The van der Waals surface area contributed by atoms with Crippen molar-refractivity contribution in [2.45, 2.75) is 25.4 Å². The summed E-state index contributed by atoms with van der Waals surface area (Å²) < 4.78 is 6.69. The fraction of sp³-hybridized carbons (Fsp3) is 0.222. The van der Waals surface area contributed by atoms with Crippen LogP contribution in [0, 0.1) is 0 Å². The molecule has 0 bridgehead atoms. The van der Waals surface area contributed by atoms with Gasteiger partial charge < -0.3 is 9.52 Å². The Morgan fingerprint density at radius 3 is 2.62 bits per heavy atom. The Morgan fingerprint density at radius 1 is 1.05 bits per heavy atom. The third-order valence-electron chi connectivity index (χ3n) is 3.63. The van der Waals surface area contributed by atoms with Gasteiger partial charge in [0.15, 0.2) is 0 Å². The molecule has 0 spiro atoms. The first-order valence-corrected chi connectivity index (χ1v) is 7.93. The summed E-state index contributed by atoms with van der Waals surface area (Å²) in [6.07, 6.45) is 2.06. The fourth-order valence-electron chi connectivity index (χ4n) is 2.50. The van der Waals surface area contributed by atoms with Gasteiger partial charge >= 0.3 is 0 Å². The highest BCUT2D eigenvalue weighted by Gasteiger charge is 2.14. The van der Waals surface area contributed by atoms with Gasteiger partial charge in [-0.25, -0.2) is 0 Å². The maximum atomic E-state index is 10.3.